The first-order valence-corrected chi connectivity index (χ1v) is 12.2. The molecule has 0 bridgehead atoms. The molecule has 1 aliphatic rings. The number of morpholine rings is 1. The summed E-state index contributed by atoms with van der Waals surface area (Å²) in [6, 6.07) is 18.6. The third kappa shape index (κ3) is 6.81. The van der Waals surface area contributed by atoms with Crippen LogP contribution in [0.5, 0.6) is 5.75 Å². The summed E-state index contributed by atoms with van der Waals surface area (Å²) in [4.78, 5) is 2.43. The van der Waals surface area contributed by atoms with Gasteiger partial charge in [-0.15, -0.1) is 0 Å². The molecule has 2 aromatic carbocycles. The molecule has 0 aliphatic carbocycles. The van der Waals surface area contributed by atoms with Crippen LogP contribution >= 0.6 is 0 Å². The Morgan fingerprint density at radius 3 is 2.19 bits per heavy atom. The highest BCUT2D eigenvalue weighted by atomic mass is 16.5. The van der Waals surface area contributed by atoms with Crippen LogP contribution in [-0.4, -0.2) is 49.5 Å². The van der Waals surface area contributed by atoms with Gasteiger partial charge in [0.05, 0.1) is 25.4 Å². The van der Waals surface area contributed by atoms with Crippen LogP contribution in [0.4, 0.5) is 0 Å². The predicted octanol–water partition coefficient (Wildman–Crippen LogP) is 5.46. The van der Waals surface area contributed by atoms with Gasteiger partial charge in [0.1, 0.15) is 5.75 Å². The zero-order valence-corrected chi connectivity index (χ0v) is 20.3. The molecule has 32 heavy (non-hydrogen) atoms. The van der Waals surface area contributed by atoms with Crippen molar-refractivity contribution in [1.82, 2.24) is 4.90 Å². The van der Waals surface area contributed by atoms with E-state index in [1.807, 2.05) is 18.2 Å². The fourth-order valence-corrected chi connectivity index (χ4v) is 4.60. The van der Waals surface area contributed by atoms with Crippen molar-refractivity contribution in [2.75, 3.05) is 39.5 Å². The van der Waals surface area contributed by atoms with Gasteiger partial charge in [-0.1, -0.05) is 70.2 Å². The second-order valence-electron chi connectivity index (χ2n) is 9.95. The van der Waals surface area contributed by atoms with Crippen LogP contribution in [0.2, 0.25) is 0 Å². The number of ether oxygens (including phenoxy) is 2. The molecule has 2 atom stereocenters. The summed E-state index contributed by atoms with van der Waals surface area (Å²) in [6.07, 6.45) is 1.74. The lowest BCUT2D eigenvalue weighted by Gasteiger charge is -2.42. The maximum Gasteiger partial charge on any atom is 0.119 e. The monoisotopic (exact) mass is 439 g/mol. The molecule has 0 unspecified atom stereocenters. The average Bonchev–Trinajstić information content (AvgIpc) is 2.78. The van der Waals surface area contributed by atoms with Crippen molar-refractivity contribution < 1.29 is 14.6 Å². The highest BCUT2D eigenvalue weighted by Gasteiger charge is 2.41. The summed E-state index contributed by atoms with van der Waals surface area (Å²) < 4.78 is 11.5. The predicted molar refractivity (Wildman–Crippen MR) is 131 cm³/mol. The Hall–Kier alpha value is -1.88. The van der Waals surface area contributed by atoms with E-state index in [9.17, 15) is 5.11 Å². The van der Waals surface area contributed by atoms with Crippen LogP contribution in [0.25, 0.3) is 0 Å². The molecular weight excluding hydrogens is 398 g/mol. The molecule has 0 amide bonds. The first-order chi connectivity index (χ1) is 15.4. The van der Waals surface area contributed by atoms with Gasteiger partial charge >= 0.3 is 0 Å². The van der Waals surface area contributed by atoms with Gasteiger partial charge in [-0.3, -0.25) is 4.90 Å². The second kappa shape index (κ2) is 11.8. The fraction of sp³-hybridized carbons (Fsp3) is 0.571. The van der Waals surface area contributed by atoms with Gasteiger partial charge < -0.3 is 14.6 Å². The largest absolute Gasteiger partial charge is 0.494 e. The summed E-state index contributed by atoms with van der Waals surface area (Å²) in [5.74, 6) is 1.82. The van der Waals surface area contributed by atoms with Gasteiger partial charge in [0, 0.05) is 25.6 Å². The lowest BCUT2D eigenvalue weighted by atomic mass is 9.72. The van der Waals surface area contributed by atoms with Gasteiger partial charge in [0.2, 0.25) is 0 Å². The van der Waals surface area contributed by atoms with E-state index in [-0.39, 0.29) is 5.92 Å². The third-order valence-electron chi connectivity index (χ3n) is 6.36. The summed E-state index contributed by atoms with van der Waals surface area (Å²) in [5.41, 5.74) is 1.17. The van der Waals surface area contributed by atoms with Gasteiger partial charge in [-0.05, 0) is 47.9 Å². The van der Waals surface area contributed by atoms with Crippen molar-refractivity contribution in [2.45, 2.75) is 52.1 Å². The first-order valence-electron chi connectivity index (χ1n) is 12.2. The Morgan fingerprint density at radius 2 is 1.59 bits per heavy atom. The van der Waals surface area contributed by atoms with E-state index in [1.54, 1.807) is 0 Å². The van der Waals surface area contributed by atoms with Crippen LogP contribution in [0, 0.1) is 11.8 Å². The van der Waals surface area contributed by atoms with Gasteiger partial charge in [0.15, 0.2) is 0 Å². The molecule has 3 rings (SSSR count). The van der Waals surface area contributed by atoms with Crippen molar-refractivity contribution in [2.24, 2.45) is 11.8 Å². The maximum atomic E-state index is 12.3. The maximum absolute atomic E-state index is 12.3. The quantitative estimate of drug-likeness (QED) is 0.505. The molecule has 0 aromatic heterocycles. The first kappa shape index (κ1) is 24.8. The van der Waals surface area contributed by atoms with Gasteiger partial charge in [0.25, 0.3) is 0 Å². The summed E-state index contributed by atoms with van der Waals surface area (Å²) in [6.45, 7) is 13.6. The average molecular weight is 440 g/mol. The SMILES string of the molecule is CC(C)CCOc1ccc([C@@](O)(CC(C)C)[C@H](CN2CCOCC2)c2ccccc2)cc1. The molecule has 0 radical (unpaired) electrons. The van der Waals surface area contributed by atoms with E-state index in [1.165, 1.54) is 5.56 Å². The number of nitrogens with zero attached hydrogens (tertiary/aromatic N) is 1. The Kier molecular flexibility index (Phi) is 9.15. The topological polar surface area (TPSA) is 41.9 Å². The Balaban J connectivity index is 1.90. The molecule has 0 saturated carbocycles. The van der Waals surface area contributed by atoms with Crippen molar-refractivity contribution in [1.29, 1.82) is 0 Å². The van der Waals surface area contributed by atoms with Crippen molar-refractivity contribution in [3.05, 3.63) is 65.7 Å². The van der Waals surface area contributed by atoms with E-state index in [0.717, 1.165) is 57.2 Å². The molecule has 2 aromatic rings. The van der Waals surface area contributed by atoms with E-state index < -0.39 is 5.60 Å². The van der Waals surface area contributed by atoms with E-state index in [0.29, 0.717) is 18.3 Å². The zero-order chi connectivity index (χ0) is 23.0. The molecule has 0 spiro atoms. The van der Waals surface area contributed by atoms with Crippen molar-refractivity contribution >= 4 is 0 Å². The van der Waals surface area contributed by atoms with E-state index in [4.69, 9.17) is 9.47 Å². The van der Waals surface area contributed by atoms with Crippen LogP contribution in [0.1, 0.15) is 57.6 Å². The van der Waals surface area contributed by atoms with Gasteiger partial charge in [-0.2, -0.15) is 0 Å². The normalized spacial score (nSPS) is 18.0. The van der Waals surface area contributed by atoms with Crippen molar-refractivity contribution in [3.63, 3.8) is 0 Å². The standard InChI is InChI=1S/C28H41NO3/c1-22(2)14-17-32-26-12-10-25(11-13-26)28(30,20-23(3)4)27(24-8-6-5-7-9-24)21-29-15-18-31-19-16-29/h5-13,22-23,27,30H,14-21H2,1-4H3/t27-,28+/m1/s1. The van der Waals surface area contributed by atoms with Crippen LogP contribution < -0.4 is 4.74 Å². The van der Waals surface area contributed by atoms with E-state index in [2.05, 4.69) is 69.0 Å². The van der Waals surface area contributed by atoms with Crippen LogP contribution in [0.3, 0.4) is 0 Å². The second-order valence-corrected chi connectivity index (χ2v) is 9.95. The van der Waals surface area contributed by atoms with Gasteiger partial charge in [-0.25, -0.2) is 0 Å². The fourth-order valence-electron chi connectivity index (χ4n) is 4.60. The summed E-state index contributed by atoms with van der Waals surface area (Å²) >= 11 is 0. The molecule has 1 heterocycles. The summed E-state index contributed by atoms with van der Waals surface area (Å²) in [7, 11) is 0. The molecule has 1 N–H and O–H groups in total. The molecule has 4 nitrogen and oxygen atoms in total. The zero-order valence-electron chi connectivity index (χ0n) is 20.3. The summed E-state index contributed by atoms with van der Waals surface area (Å²) in [5, 5.41) is 12.3. The number of hydrogen-bond acceptors (Lipinski definition) is 4. The minimum absolute atomic E-state index is 0.0306. The van der Waals surface area contributed by atoms with E-state index >= 15 is 0 Å². The lowest BCUT2D eigenvalue weighted by Crippen LogP contribution is -2.45. The molecule has 1 aliphatic heterocycles. The smallest absolute Gasteiger partial charge is 0.119 e. The Bertz CT molecular complexity index is 784. The molecule has 4 heteroatoms. The minimum atomic E-state index is -0.968. The van der Waals surface area contributed by atoms with Crippen LogP contribution in [0.15, 0.2) is 54.6 Å². The number of rotatable bonds is 11. The number of benzene rings is 2. The molecule has 1 saturated heterocycles. The molecular formula is C28H41NO3. The highest BCUT2D eigenvalue weighted by Crippen LogP contribution is 2.43. The Morgan fingerprint density at radius 1 is 0.938 bits per heavy atom. The lowest BCUT2D eigenvalue weighted by molar-refractivity contribution is -0.0356. The Labute approximate surface area is 194 Å². The highest BCUT2D eigenvalue weighted by molar-refractivity contribution is 5.35. The third-order valence-corrected chi connectivity index (χ3v) is 6.36. The number of aliphatic hydroxyl groups is 1. The van der Waals surface area contributed by atoms with Crippen LogP contribution in [-0.2, 0) is 10.3 Å². The molecule has 1 fully saturated rings. The van der Waals surface area contributed by atoms with Crippen molar-refractivity contribution in [3.8, 4) is 5.75 Å². The molecule has 176 valence electrons. The number of hydrogen-bond donors (Lipinski definition) is 1. The minimum Gasteiger partial charge on any atom is -0.494 e.